The molecule has 3 aromatic rings. The molecular formula is C21H12Cl3NO3. The highest BCUT2D eigenvalue weighted by molar-refractivity contribution is 6.31. The molecule has 0 fully saturated rings. The average Bonchev–Trinajstić information content (AvgIpc) is 2.68. The molecule has 0 aromatic heterocycles. The minimum atomic E-state index is -0.435. The fraction of sp³-hybridized carbons (Fsp3) is 0.143. The van der Waals surface area contributed by atoms with Crippen molar-refractivity contribution < 1.29 is 14.2 Å². The number of hydrogen-bond donors (Lipinski definition) is 0. The summed E-state index contributed by atoms with van der Waals surface area (Å²) < 4.78 is 19.1. The predicted molar refractivity (Wildman–Crippen MR) is 106 cm³/mol. The van der Waals surface area contributed by atoms with Crippen molar-refractivity contribution in [2.24, 2.45) is 0 Å². The van der Waals surface area contributed by atoms with Gasteiger partial charge in [0.2, 0.25) is 0 Å². The molecule has 3 atom stereocenters. The van der Waals surface area contributed by atoms with E-state index >= 15 is 0 Å². The lowest BCUT2D eigenvalue weighted by Gasteiger charge is -2.51. The molecule has 0 aliphatic carbocycles. The molecular weight excluding hydrogens is 421 g/mol. The lowest BCUT2D eigenvalue weighted by molar-refractivity contribution is -0.202. The van der Waals surface area contributed by atoms with E-state index in [1.807, 2.05) is 53.4 Å². The lowest BCUT2D eigenvalue weighted by Crippen LogP contribution is -2.50. The Hall–Kier alpha value is -2.11. The Kier molecular flexibility index (Phi) is 3.57. The molecule has 3 aliphatic rings. The highest BCUT2D eigenvalue weighted by Gasteiger charge is 2.51. The van der Waals surface area contributed by atoms with E-state index in [4.69, 9.17) is 49.0 Å². The van der Waals surface area contributed by atoms with Crippen LogP contribution in [0, 0.1) is 0 Å². The summed E-state index contributed by atoms with van der Waals surface area (Å²) in [5, 5.41) is 1.83. The van der Waals surface area contributed by atoms with Gasteiger partial charge >= 0.3 is 0 Å². The number of hydrogen-bond acceptors (Lipinski definition) is 4. The molecule has 0 radical (unpaired) electrons. The van der Waals surface area contributed by atoms with E-state index in [1.165, 1.54) is 0 Å². The first-order chi connectivity index (χ1) is 13.6. The van der Waals surface area contributed by atoms with Crippen molar-refractivity contribution in [1.82, 2.24) is 4.90 Å². The molecule has 7 heteroatoms. The summed E-state index contributed by atoms with van der Waals surface area (Å²) in [6.07, 6.45) is -1.23. The van der Waals surface area contributed by atoms with Crippen LogP contribution in [0.5, 0.6) is 17.2 Å². The van der Waals surface area contributed by atoms with Crippen molar-refractivity contribution in [1.29, 1.82) is 0 Å². The molecule has 3 aromatic carbocycles. The lowest BCUT2D eigenvalue weighted by atomic mass is 9.99. The van der Waals surface area contributed by atoms with Gasteiger partial charge in [-0.25, -0.2) is 0 Å². The molecule has 3 unspecified atom stereocenters. The van der Waals surface area contributed by atoms with E-state index in [0.29, 0.717) is 26.6 Å². The topological polar surface area (TPSA) is 30.9 Å². The first-order valence-corrected chi connectivity index (χ1v) is 9.88. The summed E-state index contributed by atoms with van der Waals surface area (Å²) in [5.74, 6) is 2.13. The third-order valence-corrected chi connectivity index (χ3v) is 5.95. The molecule has 0 spiro atoms. The third-order valence-electron chi connectivity index (χ3n) is 5.25. The van der Waals surface area contributed by atoms with Crippen LogP contribution in [0.1, 0.15) is 35.4 Å². The molecule has 0 saturated carbocycles. The molecule has 0 N–H and O–H groups in total. The Bertz CT molecular complexity index is 1140. The Morgan fingerprint density at radius 3 is 1.61 bits per heavy atom. The molecule has 0 bridgehead atoms. The number of nitrogens with zero attached hydrogens (tertiary/aromatic N) is 1. The normalized spacial score (nSPS) is 23.9. The number of halogens is 3. The Morgan fingerprint density at radius 2 is 1.00 bits per heavy atom. The van der Waals surface area contributed by atoms with Gasteiger partial charge in [-0.3, -0.25) is 0 Å². The zero-order valence-electron chi connectivity index (χ0n) is 14.2. The maximum atomic E-state index is 6.37. The van der Waals surface area contributed by atoms with E-state index in [0.717, 1.165) is 22.4 Å². The number of rotatable bonds is 0. The molecule has 6 rings (SSSR count). The molecule has 3 aliphatic heterocycles. The highest BCUT2D eigenvalue weighted by Crippen LogP contribution is 2.56. The van der Waals surface area contributed by atoms with Crippen molar-refractivity contribution in [2.75, 3.05) is 0 Å². The van der Waals surface area contributed by atoms with Crippen LogP contribution >= 0.6 is 34.8 Å². The minimum Gasteiger partial charge on any atom is -0.470 e. The van der Waals surface area contributed by atoms with Crippen LogP contribution in [0.4, 0.5) is 0 Å². The van der Waals surface area contributed by atoms with E-state index in [1.54, 1.807) is 6.07 Å². The van der Waals surface area contributed by atoms with Gasteiger partial charge in [0.1, 0.15) is 17.2 Å². The summed E-state index contributed by atoms with van der Waals surface area (Å²) >= 11 is 18.7. The second kappa shape index (κ2) is 5.94. The first kappa shape index (κ1) is 16.8. The molecule has 0 amide bonds. The average molecular weight is 433 g/mol. The van der Waals surface area contributed by atoms with Gasteiger partial charge in [-0.1, -0.05) is 34.8 Å². The van der Waals surface area contributed by atoms with Gasteiger partial charge in [-0.05, 0) is 54.6 Å². The number of fused-ring (bicyclic) bond motifs is 6. The Morgan fingerprint density at radius 1 is 0.536 bits per heavy atom. The monoisotopic (exact) mass is 431 g/mol. The number of ether oxygens (including phenoxy) is 3. The summed E-state index contributed by atoms with van der Waals surface area (Å²) in [6, 6.07) is 16.6. The fourth-order valence-electron chi connectivity index (χ4n) is 4.04. The van der Waals surface area contributed by atoms with Gasteiger partial charge in [0.25, 0.3) is 0 Å². The Balaban J connectivity index is 1.61. The van der Waals surface area contributed by atoms with E-state index in [-0.39, 0.29) is 0 Å². The second-order valence-corrected chi connectivity index (χ2v) is 8.21. The van der Waals surface area contributed by atoms with Crippen LogP contribution in [-0.2, 0) is 0 Å². The summed E-state index contributed by atoms with van der Waals surface area (Å²) in [7, 11) is 0. The van der Waals surface area contributed by atoms with Gasteiger partial charge in [-0.2, -0.15) is 4.90 Å². The van der Waals surface area contributed by atoms with Gasteiger partial charge in [-0.15, -0.1) is 0 Å². The predicted octanol–water partition coefficient (Wildman–Crippen LogP) is 6.52. The first-order valence-electron chi connectivity index (χ1n) is 8.74. The van der Waals surface area contributed by atoms with Crippen LogP contribution < -0.4 is 14.2 Å². The van der Waals surface area contributed by atoms with Gasteiger partial charge in [0.05, 0.1) is 16.7 Å². The van der Waals surface area contributed by atoms with Crippen LogP contribution in [0.3, 0.4) is 0 Å². The molecule has 0 saturated heterocycles. The van der Waals surface area contributed by atoms with Crippen molar-refractivity contribution in [3.63, 3.8) is 0 Å². The van der Waals surface area contributed by atoms with Crippen LogP contribution in [0.15, 0.2) is 54.6 Å². The SMILES string of the molecule is Clc1ccc2c(c1)OC1c3cc(Cl)ccc3OC3c4cc(Cl)ccc4OC2N31. The van der Waals surface area contributed by atoms with Crippen LogP contribution in [0.25, 0.3) is 0 Å². The van der Waals surface area contributed by atoms with E-state index in [9.17, 15) is 0 Å². The quantitative estimate of drug-likeness (QED) is 0.404. The largest absolute Gasteiger partial charge is 0.470 e. The summed E-state index contributed by atoms with van der Waals surface area (Å²) in [5.41, 5.74) is 2.59. The second-order valence-electron chi connectivity index (χ2n) is 6.90. The number of benzene rings is 3. The zero-order chi connectivity index (χ0) is 19.0. The van der Waals surface area contributed by atoms with Crippen molar-refractivity contribution in [2.45, 2.75) is 18.7 Å². The maximum Gasteiger partial charge on any atom is 0.188 e. The van der Waals surface area contributed by atoms with Gasteiger partial charge in [0, 0.05) is 15.1 Å². The molecule has 140 valence electrons. The van der Waals surface area contributed by atoms with Gasteiger partial charge in [0.15, 0.2) is 18.7 Å². The van der Waals surface area contributed by atoms with Crippen molar-refractivity contribution in [3.8, 4) is 17.2 Å². The minimum absolute atomic E-state index is 0.392. The Labute approximate surface area is 176 Å². The third kappa shape index (κ3) is 2.36. The van der Waals surface area contributed by atoms with Gasteiger partial charge < -0.3 is 14.2 Å². The fourth-order valence-corrected chi connectivity index (χ4v) is 4.56. The van der Waals surface area contributed by atoms with Crippen LogP contribution in [-0.4, -0.2) is 4.90 Å². The molecule has 3 heterocycles. The smallest absolute Gasteiger partial charge is 0.188 e. The van der Waals surface area contributed by atoms with Crippen LogP contribution in [0.2, 0.25) is 15.1 Å². The molecule has 4 nitrogen and oxygen atoms in total. The molecule has 28 heavy (non-hydrogen) atoms. The van der Waals surface area contributed by atoms with E-state index in [2.05, 4.69) is 0 Å². The van der Waals surface area contributed by atoms with Crippen molar-refractivity contribution in [3.05, 3.63) is 86.4 Å². The summed E-state index contributed by atoms with van der Waals surface area (Å²) in [4.78, 5) is 2.05. The zero-order valence-corrected chi connectivity index (χ0v) is 16.5. The standard InChI is InChI=1S/C21H12Cl3NO3/c22-10-2-5-16-14(7-10)20-25-19(26-16)13-4-1-12(24)9-18(13)28-21(25)15-8-11(23)3-6-17(15)27-20/h1-9,19-21H. The highest BCUT2D eigenvalue weighted by atomic mass is 35.5. The maximum absolute atomic E-state index is 6.37. The van der Waals surface area contributed by atoms with Crippen molar-refractivity contribution >= 4 is 34.8 Å². The van der Waals surface area contributed by atoms with E-state index < -0.39 is 18.7 Å². The summed E-state index contributed by atoms with van der Waals surface area (Å²) in [6.45, 7) is 0.